The van der Waals surface area contributed by atoms with Gasteiger partial charge in [0.25, 0.3) is 5.91 Å². The first-order chi connectivity index (χ1) is 12.4. The minimum atomic E-state index is -3.68. The van der Waals surface area contributed by atoms with Crippen molar-refractivity contribution in [3.8, 4) is 0 Å². The third-order valence-electron chi connectivity index (χ3n) is 4.90. The fourth-order valence-electron chi connectivity index (χ4n) is 3.41. The molecule has 1 atom stereocenters. The molecule has 1 unspecified atom stereocenters. The predicted octanol–water partition coefficient (Wildman–Crippen LogP) is 2.60. The number of hydrogen-bond donors (Lipinski definition) is 1. The van der Waals surface area contributed by atoms with Crippen molar-refractivity contribution in [3.63, 3.8) is 0 Å². The van der Waals surface area contributed by atoms with E-state index in [0.29, 0.717) is 25.6 Å². The molecule has 1 N–H and O–H groups in total. The Balaban J connectivity index is 0.00000364. The van der Waals surface area contributed by atoms with Gasteiger partial charge in [-0.2, -0.15) is 4.31 Å². The van der Waals surface area contributed by atoms with Crippen LogP contribution in [0.3, 0.4) is 0 Å². The Morgan fingerprint density at radius 2 is 2.04 bits per heavy atom. The van der Waals surface area contributed by atoms with E-state index in [0.717, 1.165) is 32.2 Å². The normalized spacial score (nSPS) is 18.0. The van der Waals surface area contributed by atoms with E-state index in [1.165, 1.54) is 4.31 Å². The van der Waals surface area contributed by atoms with Gasteiger partial charge in [0.2, 0.25) is 10.0 Å². The van der Waals surface area contributed by atoms with Crippen molar-refractivity contribution in [3.05, 3.63) is 29.8 Å². The lowest BCUT2D eigenvalue weighted by Gasteiger charge is -2.32. The summed E-state index contributed by atoms with van der Waals surface area (Å²) in [4.78, 5) is 14.5. The van der Waals surface area contributed by atoms with Crippen molar-refractivity contribution in [2.75, 3.05) is 40.3 Å². The van der Waals surface area contributed by atoms with Crippen molar-refractivity contribution in [2.24, 2.45) is 5.92 Å². The van der Waals surface area contributed by atoms with Gasteiger partial charge < -0.3 is 10.2 Å². The van der Waals surface area contributed by atoms with E-state index in [1.807, 2.05) is 7.05 Å². The molecule has 1 aliphatic rings. The fraction of sp³-hybridized carbons (Fsp3) is 0.632. The van der Waals surface area contributed by atoms with Crippen molar-refractivity contribution in [1.82, 2.24) is 14.5 Å². The van der Waals surface area contributed by atoms with Gasteiger partial charge in [0.05, 0.1) is 10.5 Å². The van der Waals surface area contributed by atoms with Crippen LogP contribution in [0.1, 0.15) is 43.0 Å². The molecule has 1 amide bonds. The highest BCUT2D eigenvalue weighted by atomic mass is 35.5. The lowest BCUT2D eigenvalue weighted by atomic mass is 10.00. The molecular formula is C19H32ClN3O3S. The van der Waals surface area contributed by atoms with Gasteiger partial charge >= 0.3 is 0 Å². The van der Waals surface area contributed by atoms with Crippen LogP contribution in [0.5, 0.6) is 0 Å². The van der Waals surface area contributed by atoms with Crippen molar-refractivity contribution in [2.45, 2.75) is 37.5 Å². The van der Waals surface area contributed by atoms with Crippen LogP contribution in [0.2, 0.25) is 0 Å². The lowest BCUT2D eigenvalue weighted by Crippen LogP contribution is -2.43. The molecule has 1 heterocycles. The average molecular weight is 418 g/mol. The molecule has 1 aliphatic heterocycles. The third kappa shape index (κ3) is 5.91. The first-order valence-electron chi connectivity index (χ1n) is 9.41. The van der Waals surface area contributed by atoms with Crippen LogP contribution in [-0.4, -0.2) is 63.8 Å². The number of nitrogens with one attached hydrogen (secondary N) is 1. The third-order valence-corrected chi connectivity index (χ3v) is 6.83. The summed E-state index contributed by atoms with van der Waals surface area (Å²) in [6.45, 7) is 4.49. The van der Waals surface area contributed by atoms with Crippen LogP contribution in [0.15, 0.2) is 29.2 Å². The molecular weight excluding hydrogens is 386 g/mol. The molecule has 1 saturated heterocycles. The molecule has 2 rings (SSSR count). The summed E-state index contributed by atoms with van der Waals surface area (Å²) in [7, 11) is -0.0750. The average Bonchev–Trinajstić information content (AvgIpc) is 2.66. The van der Waals surface area contributed by atoms with Gasteiger partial charge in [-0.3, -0.25) is 4.79 Å². The summed E-state index contributed by atoms with van der Waals surface area (Å²) < 4.78 is 28.0. The molecule has 27 heavy (non-hydrogen) atoms. The van der Waals surface area contributed by atoms with Gasteiger partial charge in [-0.1, -0.05) is 25.5 Å². The molecule has 0 spiro atoms. The van der Waals surface area contributed by atoms with Crippen LogP contribution in [0.25, 0.3) is 0 Å². The topological polar surface area (TPSA) is 69.7 Å². The van der Waals surface area contributed by atoms with Crippen LogP contribution in [0, 0.1) is 5.92 Å². The molecule has 1 aromatic rings. The van der Waals surface area contributed by atoms with Crippen LogP contribution >= 0.6 is 12.4 Å². The SMILES string of the molecule is CCCCN(C)C(=O)c1ccccc1S(=O)(=O)N1CCCC(CNC)C1.Cl. The largest absolute Gasteiger partial charge is 0.342 e. The van der Waals surface area contributed by atoms with Gasteiger partial charge in [-0.05, 0) is 50.9 Å². The number of halogens is 1. The van der Waals surface area contributed by atoms with Crippen molar-refractivity contribution < 1.29 is 13.2 Å². The van der Waals surface area contributed by atoms with E-state index in [4.69, 9.17) is 0 Å². The molecule has 0 aromatic heterocycles. The van der Waals surface area contributed by atoms with Crippen LogP contribution < -0.4 is 5.32 Å². The number of piperidine rings is 1. The van der Waals surface area contributed by atoms with E-state index in [9.17, 15) is 13.2 Å². The van der Waals surface area contributed by atoms with Crippen LogP contribution in [0.4, 0.5) is 0 Å². The Bertz CT molecular complexity index is 710. The maximum absolute atomic E-state index is 13.2. The quantitative estimate of drug-likeness (QED) is 0.705. The van der Waals surface area contributed by atoms with E-state index < -0.39 is 10.0 Å². The molecule has 6 nitrogen and oxygen atoms in total. The van der Waals surface area contributed by atoms with Gasteiger partial charge in [0.1, 0.15) is 0 Å². The van der Waals surface area contributed by atoms with Gasteiger partial charge in [-0.15, -0.1) is 12.4 Å². The Labute approximate surface area is 169 Å². The molecule has 0 aliphatic carbocycles. The molecule has 1 aromatic carbocycles. The second kappa shape index (κ2) is 11.0. The zero-order valence-corrected chi connectivity index (χ0v) is 18.1. The maximum atomic E-state index is 13.2. The molecule has 1 fully saturated rings. The predicted molar refractivity (Wildman–Crippen MR) is 111 cm³/mol. The first-order valence-corrected chi connectivity index (χ1v) is 10.8. The number of hydrogen-bond acceptors (Lipinski definition) is 4. The van der Waals surface area contributed by atoms with E-state index in [1.54, 1.807) is 36.2 Å². The molecule has 154 valence electrons. The standard InChI is InChI=1S/C19H31N3O3S.ClH/c1-4-5-12-21(3)19(23)17-10-6-7-11-18(17)26(24,25)22-13-8-9-16(15-22)14-20-2;/h6-7,10-11,16,20H,4-5,8-9,12-15H2,1-3H3;1H. The summed E-state index contributed by atoms with van der Waals surface area (Å²) >= 11 is 0. The zero-order chi connectivity index (χ0) is 19.2. The monoisotopic (exact) mass is 417 g/mol. The number of rotatable bonds is 8. The molecule has 8 heteroatoms. The minimum absolute atomic E-state index is 0. The van der Waals surface area contributed by atoms with E-state index in [2.05, 4.69) is 12.2 Å². The lowest BCUT2D eigenvalue weighted by molar-refractivity contribution is 0.0789. The second-order valence-electron chi connectivity index (χ2n) is 7.01. The number of unbranched alkanes of at least 4 members (excludes halogenated alkanes) is 1. The maximum Gasteiger partial charge on any atom is 0.254 e. The molecule has 0 saturated carbocycles. The van der Waals surface area contributed by atoms with Crippen molar-refractivity contribution in [1.29, 1.82) is 0 Å². The first kappa shape index (κ1) is 23.9. The summed E-state index contributed by atoms with van der Waals surface area (Å²) in [5, 5.41) is 3.13. The number of amides is 1. The number of carbonyl (C=O) groups is 1. The second-order valence-corrected chi connectivity index (χ2v) is 8.91. The Hall–Kier alpha value is -1.15. The summed E-state index contributed by atoms with van der Waals surface area (Å²) in [5.74, 6) is 0.0695. The number of carbonyl (C=O) groups excluding carboxylic acids is 1. The summed E-state index contributed by atoms with van der Waals surface area (Å²) in [6.07, 6.45) is 3.75. The Kier molecular flexibility index (Phi) is 9.73. The highest BCUT2D eigenvalue weighted by molar-refractivity contribution is 7.89. The summed E-state index contributed by atoms with van der Waals surface area (Å²) in [6, 6.07) is 6.58. The smallest absolute Gasteiger partial charge is 0.254 e. The van der Waals surface area contributed by atoms with Gasteiger partial charge in [0.15, 0.2) is 0 Å². The molecule has 0 bridgehead atoms. The minimum Gasteiger partial charge on any atom is -0.342 e. The Morgan fingerprint density at radius 1 is 1.33 bits per heavy atom. The number of nitrogens with zero attached hydrogens (tertiary/aromatic N) is 2. The van der Waals surface area contributed by atoms with Crippen molar-refractivity contribution >= 4 is 28.3 Å². The highest BCUT2D eigenvalue weighted by Crippen LogP contribution is 2.26. The Morgan fingerprint density at radius 3 is 2.70 bits per heavy atom. The van der Waals surface area contributed by atoms with E-state index >= 15 is 0 Å². The fourth-order valence-corrected chi connectivity index (χ4v) is 5.15. The number of sulfonamides is 1. The highest BCUT2D eigenvalue weighted by Gasteiger charge is 2.33. The van der Waals surface area contributed by atoms with Gasteiger partial charge in [0, 0.05) is 26.7 Å². The van der Waals surface area contributed by atoms with Gasteiger partial charge in [-0.25, -0.2) is 8.42 Å². The number of benzene rings is 1. The molecule has 0 radical (unpaired) electrons. The van der Waals surface area contributed by atoms with E-state index in [-0.39, 0.29) is 28.8 Å². The summed E-state index contributed by atoms with van der Waals surface area (Å²) in [5.41, 5.74) is 0.266. The zero-order valence-electron chi connectivity index (χ0n) is 16.5. The van der Waals surface area contributed by atoms with Crippen LogP contribution in [-0.2, 0) is 10.0 Å².